The molecule has 1 aromatic heterocycles. The average Bonchev–Trinajstić information content (AvgIpc) is 3.18. The quantitative estimate of drug-likeness (QED) is 0.517. The molecule has 6 nitrogen and oxygen atoms in total. The van der Waals surface area contributed by atoms with Crippen molar-refractivity contribution in [1.29, 1.82) is 0 Å². The lowest BCUT2D eigenvalue weighted by atomic mass is 10.1. The number of hydrogen-bond acceptors (Lipinski definition) is 6. The Morgan fingerprint density at radius 1 is 1.00 bits per heavy atom. The van der Waals surface area contributed by atoms with Gasteiger partial charge >= 0.3 is 0 Å². The standard InChI is InChI=1S/C25H30N2O4/c1-18-22(26-25(31-18)21-10-7-11-23(28-2)24(21)29-3)16-27-14-12-20(13-15-27)30-17-19-8-5-4-6-9-19/h4-11,20H,12-17H2,1-3H3. The maximum Gasteiger partial charge on any atom is 0.230 e. The van der Waals surface area contributed by atoms with Crippen LogP contribution < -0.4 is 9.47 Å². The fourth-order valence-corrected chi connectivity index (χ4v) is 3.98. The van der Waals surface area contributed by atoms with Gasteiger partial charge in [0, 0.05) is 19.6 Å². The Hall–Kier alpha value is -2.83. The van der Waals surface area contributed by atoms with Crippen LogP contribution in [-0.2, 0) is 17.9 Å². The summed E-state index contributed by atoms with van der Waals surface area (Å²) in [5, 5.41) is 0. The predicted octanol–water partition coefficient (Wildman–Crippen LogP) is 4.85. The molecular weight excluding hydrogens is 392 g/mol. The van der Waals surface area contributed by atoms with E-state index < -0.39 is 0 Å². The molecule has 1 aliphatic heterocycles. The van der Waals surface area contributed by atoms with Gasteiger partial charge in [-0.2, -0.15) is 0 Å². The number of para-hydroxylation sites is 1. The lowest BCUT2D eigenvalue weighted by Gasteiger charge is -2.31. The summed E-state index contributed by atoms with van der Waals surface area (Å²) in [4.78, 5) is 7.19. The largest absolute Gasteiger partial charge is 0.493 e. The van der Waals surface area contributed by atoms with Gasteiger partial charge in [-0.1, -0.05) is 36.4 Å². The number of aromatic nitrogens is 1. The first-order valence-corrected chi connectivity index (χ1v) is 10.7. The minimum absolute atomic E-state index is 0.312. The third-order valence-corrected chi connectivity index (χ3v) is 5.76. The number of benzene rings is 2. The average molecular weight is 423 g/mol. The van der Waals surface area contributed by atoms with E-state index in [1.54, 1.807) is 14.2 Å². The summed E-state index contributed by atoms with van der Waals surface area (Å²) < 4.78 is 23.0. The van der Waals surface area contributed by atoms with Crippen molar-refractivity contribution in [2.24, 2.45) is 0 Å². The first-order valence-electron chi connectivity index (χ1n) is 10.7. The Kier molecular flexibility index (Phi) is 6.89. The summed E-state index contributed by atoms with van der Waals surface area (Å²) in [5.41, 5.74) is 2.98. The van der Waals surface area contributed by atoms with Crippen LogP contribution >= 0.6 is 0 Å². The number of ether oxygens (including phenoxy) is 3. The van der Waals surface area contributed by atoms with Crippen molar-refractivity contribution in [2.75, 3.05) is 27.3 Å². The van der Waals surface area contributed by atoms with Gasteiger partial charge in [-0.3, -0.25) is 4.90 Å². The molecule has 2 aromatic carbocycles. The summed E-state index contributed by atoms with van der Waals surface area (Å²) in [7, 11) is 3.25. The van der Waals surface area contributed by atoms with E-state index >= 15 is 0 Å². The molecule has 1 aliphatic rings. The van der Waals surface area contributed by atoms with E-state index in [2.05, 4.69) is 29.2 Å². The minimum atomic E-state index is 0.312. The van der Waals surface area contributed by atoms with Crippen LogP contribution in [-0.4, -0.2) is 43.3 Å². The van der Waals surface area contributed by atoms with Gasteiger partial charge in [0.2, 0.25) is 5.89 Å². The normalized spacial score (nSPS) is 15.2. The molecule has 0 atom stereocenters. The van der Waals surface area contributed by atoms with Crippen molar-refractivity contribution in [3.05, 3.63) is 65.5 Å². The maximum atomic E-state index is 6.11. The number of oxazole rings is 1. The maximum absolute atomic E-state index is 6.11. The third kappa shape index (κ3) is 5.09. The van der Waals surface area contributed by atoms with Crippen molar-refractivity contribution in [3.63, 3.8) is 0 Å². The highest BCUT2D eigenvalue weighted by Crippen LogP contribution is 2.38. The molecule has 0 N–H and O–H groups in total. The lowest BCUT2D eigenvalue weighted by Crippen LogP contribution is -2.36. The molecule has 6 heteroatoms. The first kappa shape index (κ1) is 21.4. The van der Waals surface area contributed by atoms with Crippen molar-refractivity contribution in [3.8, 4) is 23.0 Å². The zero-order valence-corrected chi connectivity index (χ0v) is 18.5. The molecule has 0 amide bonds. The van der Waals surface area contributed by atoms with Crippen molar-refractivity contribution < 1.29 is 18.6 Å². The topological polar surface area (TPSA) is 57.0 Å². The smallest absolute Gasteiger partial charge is 0.230 e. The Morgan fingerprint density at radius 3 is 2.48 bits per heavy atom. The van der Waals surface area contributed by atoms with Gasteiger partial charge in [-0.05, 0) is 37.5 Å². The minimum Gasteiger partial charge on any atom is -0.493 e. The SMILES string of the molecule is COc1cccc(-c2nc(CN3CCC(OCc4ccccc4)CC3)c(C)o2)c1OC. The Morgan fingerprint density at radius 2 is 1.77 bits per heavy atom. The van der Waals surface area contributed by atoms with E-state index in [1.165, 1.54) is 5.56 Å². The van der Waals surface area contributed by atoms with E-state index in [-0.39, 0.29) is 0 Å². The predicted molar refractivity (Wildman–Crippen MR) is 119 cm³/mol. The van der Waals surface area contributed by atoms with E-state index in [0.717, 1.165) is 49.5 Å². The molecule has 0 radical (unpaired) electrons. The summed E-state index contributed by atoms with van der Waals surface area (Å²) >= 11 is 0. The second kappa shape index (κ2) is 9.98. The van der Waals surface area contributed by atoms with Gasteiger partial charge < -0.3 is 18.6 Å². The number of aryl methyl sites for hydroxylation is 1. The fourth-order valence-electron chi connectivity index (χ4n) is 3.98. The molecule has 4 rings (SSSR count). The van der Waals surface area contributed by atoms with Gasteiger partial charge in [0.1, 0.15) is 5.76 Å². The molecule has 1 saturated heterocycles. The van der Waals surface area contributed by atoms with E-state index in [9.17, 15) is 0 Å². The molecule has 31 heavy (non-hydrogen) atoms. The Bertz CT molecular complexity index is 978. The molecule has 0 unspecified atom stereocenters. The molecule has 164 valence electrons. The van der Waals surface area contributed by atoms with Gasteiger partial charge in [-0.15, -0.1) is 0 Å². The van der Waals surface area contributed by atoms with Crippen molar-refractivity contribution in [2.45, 2.75) is 39.0 Å². The molecule has 3 aromatic rings. The van der Waals surface area contributed by atoms with Gasteiger partial charge in [-0.25, -0.2) is 4.98 Å². The van der Waals surface area contributed by atoms with E-state index in [1.807, 2.05) is 31.2 Å². The number of piperidine rings is 1. The van der Waals surface area contributed by atoms with E-state index in [0.29, 0.717) is 30.1 Å². The second-order valence-electron chi connectivity index (χ2n) is 7.84. The molecule has 0 bridgehead atoms. The highest BCUT2D eigenvalue weighted by molar-refractivity contribution is 5.68. The Labute approximate surface area is 183 Å². The zero-order valence-electron chi connectivity index (χ0n) is 18.5. The van der Waals surface area contributed by atoms with Gasteiger partial charge in [0.25, 0.3) is 0 Å². The number of hydrogen-bond donors (Lipinski definition) is 0. The van der Waals surface area contributed by atoms with Crippen molar-refractivity contribution >= 4 is 0 Å². The highest BCUT2D eigenvalue weighted by atomic mass is 16.5. The number of likely N-dealkylation sites (tertiary alicyclic amines) is 1. The summed E-state index contributed by atoms with van der Waals surface area (Å²) in [6.07, 6.45) is 2.37. The van der Waals surface area contributed by atoms with Crippen LogP contribution in [0.2, 0.25) is 0 Å². The van der Waals surface area contributed by atoms with Crippen LogP contribution in [0.25, 0.3) is 11.5 Å². The van der Waals surface area contributed by atoms with Crippen LogP contribution in [0, 0.1) is 6.92 Å². The first-order chi connectivity index (χ1) is 15.2. The van der Waals surface area contributed by atoms with E-state index in [4.69, 9.17) is 23.6 Å². The number of methoxy groups -OCH3 is 2. The molecule has 0 saturated carbocycles. The summed E-state index contributed by atoms with van der Waals surface area (Å²) in [5.74, 6) is 2.69. The van der Waals surface area contributed by atoms with Crippen LogP contribution in [0.15, 0.2) is 52.9 Å². The van der Waals surface area contributed by atoms with Crippen LogP contribution in [0.3, 0.4) is 0 Å². The highest BCUT2D eigenvalue weighted by Gasteiger charge is 2.23. The summed E-state index contributed by atoms with van der Waals surface area (Å²) in [6.45, 7) is 5.40. The van der Waals surface area contributed by atoms with Crippen molar-refractivity contribution in [1.82, 2.24) is 9.88 Å². The fraction of sp³-hybridized carbons (Fsp3) is 0.400. The summed E-state index contributed by atoms with van der Waals surface area (Å²) in [6, 6.07) is 16.1. The lowest BCUT2D eigenvalue weighted by molar-refractivity contribution is -0.00418. The monoisotopic (exact) mass is 422 g/mol. The van der Waals surface area contributed by atoms with Gasteiger partial charge in [0.15, 0.2) is 11.5 Å². The third-order valence-electron chi connectivity index (χ3n) is 5.76. The number of rotatable bonds is 8. The molecule has 0 spiro atoms. The van der Waals surface area contributed by atoms with Crippen LogP contribution in [0.5, 0.6) is 11.5 Å². The molecule has 0 aliphatic carbocycles. The number of nitrogens with zero attached hydrogens (tertiary/aromatic N) is 2. The zero-order chi connectivity index (χ0) is 21.6. The second-order valence-corrected chi connectivity index (χ2v) is 7.84. The van der Waals surface area contributed by atoms with Crippen LogP contribution in [0.4, 0.5) is 0 Å². The molecular formula is C25H30N2O4. The van der Waals surface area contributed by atoms with Gasteiger partial charge in [0.05, 0.1) is 38.2 Å². The molecule has 2 heterocycles. The van der Waals surface area contributed by atoms with Crippen LogP contribution in [0.1, 0.15) is 29.9 Å². The Balaban J connectivity index is 1.36. The molecule has 1 fully saturated rings.